The molecule has 0 atom stereocenters. The molecule has 36 heavy (non-hydrogen) atoms. The smallest absolute Gasteiger partial charge is 0.00141 e. The summed E-state index contributed by atoms with van der Waals surface area (Å²) in [7, 11) is 0. The van der Waals surface area contributed by atoms with Crippen molar-refractivity contribution in [3.05, 3.63) is 110 Å². The zero-order valence-electron chi connectivity index (χ0n) is 22.9. The predicted octanol–water partition coefficient (Wildman–Crippen LogP) is 11.1. The normalized spacial score (nSPS) is 8.81. The molecule has 7 heteroatoms. The SMILES string of the molecule is Cc1[c-]c(C)c(C)s1.Cc1[c-]c(C)c(C)s1.Cc1cccs1.Cc1cccs1.Cc1cccs1.[Y].[Y]. The second kappa shape index (κ2) is 22.5. The molecule has 0 spiro atoms. The van der Waals surface area contributed by atoms with Crippen molar-refractivity contribution in [3.8, 4) is 0 Å². The van der Waals surface area contributed by atoms with Crippen LogP contribution in [0.15, 0.2) is 52.5 Å². The standard InChI is InChI=1S/2C7H9S.3C5H6S.2Y/c2*1-5-4-6(2)8-7(5)3;3*1-5-3-2-4-6-5;;/h2*1-3H3;3*2-4H,1H3;;/q2*-1;;;;;. The first-order valence-electron chi connectivity index (χ1n) is 11.0. The van der Waals surface area contributed by atoms with Crippen LogP contribution >= 0.6 is 56.7 Å². The quantitative estimate of drug-likeness (QED) is 0.140. The minimum Gasteiger partial charge on any atom is -0.267 e. The van der Waals surface area contributed by atoms with Gasteiger partial charge in [0.25, 0.3) is 0 Å². The van der Waals surface area contributed by atoms with Crippen LogP contribution in [0.2, 0.25) is 0 Å². The average Bonchev–Trinajstić information content (AvgIpc) is 3.59. The molecule has 2 radical (unpaired) electrons. The molecule has 0 saturated heterocycles. The summed E-state index contributed by atoms with van der Waals surface area (Å²) in [5.74, 6) is 0. The molecule has 0 aliphatic heterocycles. The van der Waals surface area contributed by atoms with Crippen molar-refractivity contribution in [1.82, 2.24) is 0 Å². The summed E-state index contributed by atoms with van der Waals surface area (Å²) >= 11 is 8.96. The van der Waals surface area contributed by atoms with Crippen molar-refractivity contribution < 1.29 is 65.4 Å². The fourth-order valence-corrected chi connectivity index (χ4v) is 5.77. The molecule has 5 rings (SSSR count). The van der Waals surface area contributed by atoms with E-state index in [-0.39, 0.29) is 65.4 Å². The van der Waals surface area contributed by atoms with Gasteiger partial charge in [-0.05, 0) is 69.0 Å². The summed E-state index contributed by atoms with van der Waals surface area (Å²) in [5.41, 5.74) is 2.60. The summed E-state index contributed by atoms with van der Waals surface area (Å²) in [6, 6.07) is 18.9. The van der Waals surface area contributed by atoms with Gasteiger partial charge in [-0.1, -0.05) is 45.9 Å². The first-order chi connectivity index (χ1) is 16.1. The van der Waals surface area contributed by atoms with Gasteiger partial charge in [0, 0.05) is 80.0 Å². The molecular formula is C29H36S5Y2-2. The van der Waals surface area contributed by atoms with Gasteiger partial charge in [-0.15, -0.1) is 53.5 Å². The zero-order chi connectivity index (χ0) is 25.5. The van der Waals surface area contributed by atoms with Gasteiger partial charge in [-0.3, -0.25) is 22.7 Å². The summed E-state index contributed by atoms with van der Waals surface area (Å²) in [5, 5.41) is 6.24. The minimum atomic E-state index is 0. The molecule has 0 unspecified atom stereocenters. The second-order valence-corrected chi connectivity index (χ2v) is 13.9. The van der Waals surface area contributed by atoms with E-state index in [4.69, 9.17) is 0 Å². The van der Waals surface area contributed by atoms with Crippen LogP contribution in [0.1, 0.15) is 45.3 Å². The first kappa shape index (κ1) is 38.9. The van der Waals surface area contributed by atoms with Crippen LogP contribution in [0.3, 0.4) is 0 Å². The van der Waals surface area contributed by atoms with Crippen LogP contribution in [0.4, 0.5) is 0 Å². The molecule has 0 nitrogen and oxygen atoms in total. The van der Waals surface area contributed by atoms with Crippen molar-refractivity contribution in [3.63, 3.8) is 0 Å². The summed E-state index contributed by atoms with van der Waals surface area (Å²) in [4.78, 5) is 9.52. The largest absolute Gasteiger partial charge is 0.267 e. The molecule has 0 aliphatic rings. The van der Waals surface area contributed by atoms with E-state index in [0.717, 1.165) is 0 Å². The molecule has 0 aromatic carbocycles. The number of hydrogen-bond donors (Lipinski definition) is 0. The van der Waals surface area contributed by atoms with Crippen molar-refractivity contribution in [2.75, 3.05) is 0 Å². The van der Waals surface area contributed by atoms with Crippen molar-refractivity contribution in [2.45, 2.75) is 62.3 Å². The third-order valence-electron chi connectivity index (χ3n) is 4.39. The van der Waals surface area contributed by atoms with Crippen LogP contribution in [-0.4, -0.2) is 0 Å². The van der Waals surface area contributed by atoms with Crippen molar-refractivity contribution >= 4 is 56.7 Å². The van der Waals surface area contributed by atoms with E-state index >= 15 is 0 Å². The van der Waals surface area contributed by atoms with E-state index in [1.165, 1.54) is 45.3 Å². The van der Waals surface area contributed by atoms with E-state index in [1.54, 1.807) is 34.0 Å². The van der Waals surface area contributed by atoms with E-state index < -0.39 is 0 Å². The van der Waals surface area contributed by atoms with Crippen molar-refractivity contribution in [2.24, 2.45) is 0 Å². The summed E-state index contributed by atoms with van der Waals surface area (Å²) < 4.78 is 0. The number of rotatable bonds is 0. The van der Waals surface area contributed by atoms with Crippen LogP contribution in [0.5, 0.6) is 0 Å². The summed E-state index contributed by atoms with van der Waals surface area (Å²) in [6.45, 7) is 18.9. The molecule has 0 aliphatic carbocycles. The van der Waals surface area contributed by atoms with E-state index in [1.807, 2.05) is 22.7 Å². The zero-order valence-corrected chi connectivity index (χ0v) is 32.7. The van der Waals surface area contributed by atoms with Gasteiger partial charge in [-0.25, -0.2) is 23.3 Å². The van der Waals surface area contributed by atoms with Crippen molar-refractivity contribution in [1.29, 1.82) is 0 Å². The maximum Gasteiger partial charge on any atom is 0.00141 e. The van der Waals surface area contributed by atoms with Gasteiger partial charge in [0.2, 0.25) is 0 Å². The van der Waals surface area contributed by atoms with Crippen LogP contribution < -0.4 is 0 Å². The molecule has 0 saturated carbocycles. The van der Waals surface area contributed by atoms with Crippen LogP contribution in [0, 0.1) is 74.4 Å². The molecule has 5 aromatic rings. The van der Waals surface area contributed by atoms with Gasteiger partial charge in [0.15, 0.2) is 0 Å². The molecule has 190 valence electrons. The Morgan fingerprint density at radius 2 is 0.750 bits per heavy atom. The fraction of sp³-hybridized carbons (Fsp3) is 0.310. The topological polar surface area (TPSA) is 0 Å². The van der Waals surface area contributed by atoms with Gasteiger partial charge < -0.3 is 0 Å². The average molecular weight is 723 g/mol. The van der Waals surface area contributed by atoms with Gasteiger partial charge >= 0.3 is 0 Å². The Bertz CT molecular complexity index is 973. The number of thiophene rings is 5. The minimum absolute atomic E-state index is 0. The Balaban J connectivity index is 0. The molecule has 5 aromatic heterocycles. The Kier molecular flexibility index (Phi) is 24.3. The van der Waals surface area contributed by atoms with E-state index in [2.05, 4.69) is 127 Å². The van der Waals surface area contributed by atoms with E-state index in [0.29, 0.717) is 0 Å². The Hall–Kier alpha value is 0.708. The number of aryl methyl sites for hydroxylation is 9. The second-order valence-electron chi connectivity index (χ2n) is 7.60. The van der Waals surface area contributed by atoms with E-state index in [9.17, 15) is 0 Å². The third kappa shape index (κ3) is 18.9. The third-order valence-corrected chi connectivity index (χ3v) is 8.83. The summed E-state index contributed by atoms with van der Waals surface area (Å²) in [6.07, 6.45) is 0. The molecule has 0 bridgehead atoms. The van der Waals surface area contributed by atoms with Gasteiger partial charge in [0.1, 0.15) is 0 Å². The molecule has 5 heterocycles. The fourth-order valence-electron chi connectivity index (χ4n) is 2.45. The maximum atomic E-state index is 3.23. The maximum absolute atomic E-state index is 3.23. The monoisotopic (exact) mass is 722 g/mol. The Morgan fingerprint density at radius 1 is 0.472 bits per heavy atom. The first-order valence-corrected chi connectivity index (χ1v) is 15.3. The number of hydrogen-bond acceptors (Lipinski definition) is 5. The molecular weight excluding hydrogens is 686 g/mol. The van der Waals surface area contributed by atoms with Gasteiger partial charge in [0.05, 0.1) is 0 Å². The Labute approximate surface area is 290 Å². The molecule has 0 fully saturated rings. The molecule has 0 amide bonds. The van der Waals surface area contributed by atoms with Crippen LogP contribution in [0.25, 0.3) is 0 Å². The van der Waals surface area contributed by atoms with Gasteiger partial charge in [-0.2, -0.15) is 0 Å². The molecule has 0 N–H and O–H groups in total. The van der Waals surface area contributed by atoms with Crippen LogP contribution in [-0.2, 0) is 65.4 Å². The predicted molar refractivity (Wildman–Crippen MR) is 162 cm³/mol. The Morgan fingerprint density at radius 3 is 0.806 bits per heavy atom.